The van der Waals surface area contributed by atoms with Gasteiger partial charge in [-0.25, -0.2) is 9.18 Å². The Morgan fingerprint density at radius 1 is 1.12 bits per heavy atom. The number of hydrogen-bond donors (Lipinski definition) is 0. The summed E-state index contributed by atoms with van der Waals surface area (Å²) in [5.74, 6) is -1.71. The monoisotopic (exact) mass is 361 g/mol. The summed E-state index contributed by atoms with van der Waals surface area (Å²) in [7, 11) is 3.14. The summed E-state index contributed by atoms with van der Waals surface area (Å²) in [6.07, 6.45) is 1.19. The van der Waals surface area contributed by atoms with Gasteiger partial charge < -0.3 is 9.64 Å². The maximum atomic E-state index is 13.7. The third-order valence-corrected chi connectivity index (χ3v) is 3.72. The molecule has 0 heterocycles. The van der Waals surface area contributed by atoms with E-state index >= 15 is 0 Å². The molecule has 0 aliphatic carbocycles. The minimum atomic E-state index is -1.08. The number of halogens is 2. The number of rotatable bonds is 5. The molecule has 6 heteroatoms. The Labute approximate surface area is 150 Å². The lowest BCUT2D eigenvalue weighted by Crippen LogP contribution is -2.30. The molecule has 0 unspecified atom stereocenters. The van der Waals surface area contributed by atoms with E-state index in [1.807, 2.05) is 0 Å². The van der Waals surface area contributed by atoms with Gasteiger partial charge >= 0.3 is 5.97 Å². The van der Waals surface area contributed by atoms with Crippen LogP contribution in [-0.4, -0.2) is 30.9 Å². The number of carbonyl (C=O) groups excluding carboxylic acids is 2. The average molecular weight is 362 g/mol. The normalized spacial score (nSPS) is 12.0. The number of likely N-dealkylation sites (N-methyl/N-ethyl adjacent to an activating group) is 1. The van der Waals surface area contributed by atoms with Gasteiger partial charge in [0.1, 0.15) is 5.82 Å². The molecular weight excluding hydrogens is 345 g/mol. The fourth-order valence-electron chi connectivity index (χ4n) is 2.10. The highest BCUT2D eigenvalue weighted by atomic mass is 35.5. The molecule has 130 valence electrons. The Morgan fingerprint density at radius 2 is 1.80 bits per heavy atom. The first-order valence-electron chi connectivity index (χ1n) is 7.49. The molecule has 0 bridgehead atoms. The molecule has 0 aromatic heterocycles. The summed E-state index contributed by atoms with van der Waals surface area (Å²) in [6.45, 7) is 0. The van der Waals surface area contributed by atoms with Crippen LogP contribution in [0.25, 0.3) is 6.08 Å². The smallest absolute Gasteiger partial charge is 0.331 e. The molecule has 0 radical (unpaired) electrons. The molecule has 2 aromatic carbocycles. The highest BCUT2D eigenvalue weighted by Crippen LogP contribution is 2.22. The van der Waals surface area contributed by atoms with Crippen LogP contribution in [0.5, 0.6) is 0 Å². The van der Waals surface area contributed by atoms with Crippen molar-refractivity contribution in [3.63, 3.8) is 0 Å². The Hall–Kier alpha value is -2.66. The number of benzene rings is 2. The molecule has 2 rings (SSSR count). The molecule has 0 N–H and O–H groups in total. The maximum Gasteiger partial charge on any atom is 0.331 e. The highest BCUT2D eigenvalue weighted by Gasteiger charge is 2.25. The van der Waals surface area contributed by atoms with E-state index in [2.05, 4.69) is 0 Å². The van der Waals surface area contributed by atoms with Crippen LogP contribution in [-0.2, 0) is 14.3 Å². The second-order valence-electron chi connectivity index (χ2n) is 5.43. The minimum absolute atomic E-state index is 0.0799. The molecule has 1 amide bonds. The van der Waals surface area contributed by atoms with E-state index < -0.39 is 17.9 Å². The Bertz CT molecular complexity index is 770. The third kappa shape index (κ3) is 4.90. The first-order valence-corrected chi connectivity index (χ1v) is 7.86. The third-order valence-electron chi connectivity index (χ3n) is 3.39. The van der Waals surface area contributed by atoms with E-state index in [0.29, 0.717) is 5.56 Å². The van der Waals surface area contributed by atoms with Crippen molar-refractivity contribution in [3.8, 4) is 0 Å². The molecule has 0 fully saturated rings. The van der Waals surface area contributed by atoms with Crippen LogP contribution in [0.15, 0.2) is 54.6 Å². The van der Waals surface area contributed by atoms with Gasteiger partial charge in [-0.3, -0.25) is 4.79 Å². The largest absolute Gasteiger partial charge is 0.444 e. The van der Waals surface area contributed by atoms with E-state index in [1.54, 1.807) is 44.4 Å². The fraction of sp³-hybridized carbons (Fsp3) is 0.158. The number of amides is 1. The average Bonchev–Trinajstić information content (AvgIpc) is 2.59. The standard InChI is InChI=1S/C19H17ClFNO3/c1-22(2)19(24)18(13-7-4-3-5-8-13)25-17(23)12-11-14-15(20)9-6-10-16(14)21/h3-12,18H,1-2H3/b12-11+/t18-/m1/s1. The lowest BCUT2D eigenvalue weighted by Gasteiger charge is -2.20. The van der Waals surface area contributed by atoms with Crippen LogP contribution in [0, 0.1) is 5.82 Å². The lowest BCUT2D eigenvalue weighted by molar-refractivity contribution is -0.155. The quantitative estimate of drug-likeness (QED) is 0.600. The van der Waals surface area contributed by atoms with E-state index in [1.165, 1.54) is 29.2 Å². The predicted octanol–water partition coefficient (Wildman–Crippen LogP) is 3.87. The van der Waals surface area contributed by atoms with Gasteiger partial charge in [-0.15, -0.1) is 0 Å². The van der Waals surface area contributed by atoms with Crippen LogP contribution in [0.4, 0.5) is 4.39 Å². The Morgan fingerprint density at radius 3 is 2.40 bits per heavy atom. The van der Waals surface area contributed by atoms with Gasteiger partial charge in [0, 0.05) is 31.3 Å². The molecule has 0 saturated heterocycles. The van der Waals surface area contributed by atoms with Crippen LogP contribution in [0.1, 0.15) is 17.2 Å². The molecule has 25 heavy (non-hydrogen) atoms. The summed E-state index contributed by atoms with van der Waals surface area (Å²) in [6, 6.07) is 12.9. The van der Waals surface area contributed by atoms with Crippen molar-refractivity contribution in [3.05, 3.63) is 76.6 Å². The summed E-state index contributed by atoms with van der Waals surface area (Å²) in [4.78, 5) is 25.7. The summed E-state index contributed by atoms with van der Waals surface area (Å²) in [5, 5.41) is 0.174. The van der Waals surface area contributed by atoms with Crippen molar-refractivity contribution in [2.75, 3.05) is 14.1 Å². The number of ether oxygens (including phenoxy) is 1. The maximum absolute atomic E-state index is 13.7. The van der Waals surface area contributed by atoms with E-state index in [4.69, 9.17) is 16.3 Å². The molecule has 0 saturated carbocycles. The first-order chi connectivity index (χ1) is 11.9. The van der Waals surface area contributed by atoms with E-state index in [0.717, 1.165) is 6.08 Å². The van der Waals surface area contributed by atoms with Crippen molar-refractivity contribution in [1.82, 2.24) is 4.90 Å². The van der Waals surface area contributed by atoms with Crippen LogP contribution >= 0.6 is 11.6 Å². The summed E-state index contributed by atoms with van der Waals surface area (Å²) >= 11 is 5.90. The number of esters is 1. The minimum Gasteiger partial charge on any atom is -0.444 e. The fourth-order valence-corrected chi connectivity index (χ4v) is 2.33. The van der Waals surface area contributed by atoms with Crippen molar-refractivity contribution >= 4 is 29.6 Å². The molecule has 0 aliphatic rings. The highest BCUT2D eigenvalue weighted by molar-refractivity contribution is 6.32. The molecule has 0 aliphatic heterocycles. The van der Waals surface area contributed by atoms with Gasteiger partial charge in [-0.2, -0.15) is 0 Å². The van der Waals surface area contributed by atoms with Crippen molar-refractivity contribution in [1.29, 1.82) is 0 Å². The molecule has 0 spiro atoms. The number of carbonyl (C=O) groups is 2. The SMILES string of the molecule is CN(C)C(=O)[C@H](OC(=O)/C=C/c1c(F)cccc1Cl)c1ccccc1. The second kappa shape index (κ2) is 8.44. The van der Waals surface area contributed by atoms with Crippen molar-refractivity contribution in [2.45, 2.75) is 6.10 Å². The van der Waals surface area contributed by atoms with Gasteiger partial charge in [0.25, 0.3) is 5.91 Å². The van der Waals surface area contributed by atoms with Gasteiger partial charge in [0.15, 0.2) is 0 Å². The lowest BCUT2D eigenvalue weighted by atomic mass is 10.1. The summed E-state index contributed by atoms with van der Waals surface area (Å²) in [5.41, 5.74) is 0.628. The zero-order chi connectivity index (χ0) is 18.4. The van der Waals surface area contributed by atoms with Crippen LogP contribution in [0.3, 0.4) is 0 Å². The van der Waals surface area contributed by atoms with Gasteiger partial charge in [-0.05, 0) is 18.2 Å². The van der Waals surface area contributed by atoms with Crippen molar-refractivity contribution < 1.29 is 18.7 Å². The Kier molecular flexibility index (Phi) is 6.31. The van der Waals surface area contributed by atoms with E-state index in [-0.39, 0.29) is 16.5 Å². The van der Waals surface area contributed by atoms with Crippen LogP contribution < -0.4 is 0 Å². The van der Waals surface area contributed by atoms with Crippen LogP contribution in [0.2, 0.25) is 5.02 Å². The van der Waals surface area contributed by atoms with Gasteiger partial charge in [-0.1, -0.05) is 48.0 Å². The molecule has 2 aromatic rings. The van der Waals surface area contributed by atoms with Gasteiger partial charge in [0.05, 0.1) is 5.02 Å². The molecule has 4 nitrogen and oxygen atoms in total. The number of hydrogen-bond acceptors (Lipinski definition) is 3. The van der Waals surface area contributed by atoms with E-state index in [9.17, 15) is 14.0 Å². The second-order valence-corrected chi connectivity index (χ2v) is 5.84. The topological polar surface area (TPSA) is 46.6 Å². The molecular formula is C19H17ClFNO3. The zero-order valence-corrected chi connectivity index (χ0v) is 14.5. The predicted molar refractivity (Wildman–Crippen MR) is 94.4 cm³/mol. The molecule has 1 atom stereocenters. The van der Waals surface area contributed by atoms with Crippen molar-refractivity contribution in [2.24, 2.45) is 0 Å². The zero-order valence-electron chi connectivity index (χ0n) is 13.8. The first kappa shape index (κ1) is 18.7. The Balaban J connectivity index is 2.20. The van der Waals surface area contributed by atoms with Gasteiger partial charge in [0.2, 0.25) is 6.10 Å². The summed E-state index contributed by atoms with van der Waals surface area (Å²) < 4.78 is 19.0. The number of nitrogens with zero attached hydrogens (tertiary/aromatic N) is 1.